The Labute approximate surface area is 175 Å². The first-order chi connectivity index (χ1) is 14.3. The van der Waals surface area contributed by atoms with Crippen LogP contribution in [0, 0.1) is 11.8 Å². The Morgan fingerprint density at radius 2 is 1.76 bits per heavy atom. The van der Waals surface area contributed by atoms with Gasteiger partial charge in [-0.3, -0.25) is 9.80 Å². The van der Waals surface area contributed by atoms with Gasteiger partial charge in [-0.2, -0.15) is 0 Å². The predicted octanol–water partition coefficient (Wildman–Crippen LogP) is 4.68. The van der Waals surface area contributed by atoms with E-state index in [0.717, 1.165) is 37.3 Å². The fraction of sp³-hybridized carbons (Fsp3) is 0.615. The standard InChI is InChI=1S/C26H36N2O/c29-17-4-3-14-25-24-13-7-16-27-15-6-11-22(26(24)27)19-28(25)18-21-10-5-9-20-8-1-2-12-23(20)21/h1-2,5,8-10,12,22,24-26,29H,3-4,6-7,11,13-19H2/t22-,24-,25-,26+/m1/s1. The fourth-order valence-corrected chi connectivity index (χ4v) is 6.78. The molecule has 3 nitrogen and oxygen atoms in total. The number of likely N-dealkylation sites (tertiary alicyclic amines) is 1. The normalized spacial score (nSPS) is 30.4. The highest BCUT2D eigenvalue weighted by atomic mass is 16.2. The number of piperidine rings is 3. The number of hydrogen-bond acceptors (Lipinski definition) is 3. The smallest absolute Gasteiger partial charge is 0.0431 e. The topological polar surface area (TPSA) is 26.7 Å². The molecule has 2 aromatic rings. The highest BCUT2D eigenvalue weighted by molar-refractivity contribution is 5.85. The largest absolute Gasteiger partial charge is 0.396 e. The lowest BCUT2D eigenvalue weighted by molar-refractivity contribution is -0.0811. The van der Waals surface area contributed by atoms with Gasteiger partial charge in [0.25, 0.3) is 0 Å². The Morgan fingerprint density at radius 3 is 2.66 bits per heavy atom. The van der Waals surface area contributed by atoms with Gasteiger partial charge in [0.2, 0.25) is 0 Å². The molecule has 29 heavy (non-hydrogen) atoms. The average Bonchev–Trinajstić information content (AvgIpc) is 2.76. The van der Waals surface area contributed by atoms with Gasteiger partial charge in [-0.1, -0.05) is 42.5 Å². The van der Waals surface area contributed by atoms with Crippen molar-refractivity contribution in [3.8, 4) is 0 Å². The van der Waals surface area contributed by atoms with Crippen LogP contribution in [-0.2, 0) is 6.54 Å². The highest BCUT2D eigenvalue weighted by Crippen LogP contribution is 2.44. The third-order valence-electron chi connectivity index (χ3n) is 7.94. The summed E-state index contributed by atoms with van der Waals surface area (Å²) in [5.41, 5.74) is 1.48. The molecule has 0 bridgehead atoms. The van der Waals surface area contributed by atoms with E-state index < -0.39 is 0 Å². The molecular formula is C26H36N2O. The van der Waals surface area contributed by atoms with Crippen LogP contribution < -0.4 is 0 Å². The Balaban J connectivity index is 1.44. The Kier molecular flexibility index (Phi) is 5.90. The summed E-state index contributed by atoms with van der Waals surface area (Å²) < 4.78 is 0. The Hall–Kier alpha value is -1.42. The first kappa shape index (κ1) is 19.5. The summed E-state index contributed by atoms with van der Waals surface area (Å²) in [4.78, 5) is 5.69. The lowest BCUT2D eigenvalue weighted by Crippen LogP contribution is -2.64. The van der Waals surface area contributed by atoms with Crippen LogP contribution in [-0.4, -0.2) is 53.2 Å². The number of hydrogen-bond donors (Lipinski definition) is 1. The third-order valence-corrected chi connectivity index (χ3v) is 7.94. The fourth-order valence-electron chi connectivity index (χ4n) is 6.78. The molecule has 0 amide bonds. The van der Waals surface area contributed by atoms with Gasteiger partial charge in [0.1, 0.15) is 0 Å². The maximum Gasteiger partial charge on any atom is 0.0431 e. The molecule has 0 spiro atoms. The Bertz CT molecular complexity index is 814. The second-order valence-electron chi connectivity index (χ2n) is 9.59. The van der Waals surface area contributed by atoms with Crippen molar-refractivity contribution in [2.45, 2.75) is 63.6 Å². The maximum atomic E-state index is 9.36. The van der Waals surface area contributed by atoms with E-state index in [1.54, 1.807) is 0 Å². The van der Waals surface area contributed by atoms with E-state index in [1.807, 2.05) is 0 Å². The molecule has 5 rings (SSSR count). The van der Waals surface area contributed by atoms with Crippen molar-refractivity contribution in [3.05, 3.63) is 48.0 Å². The Morgan fingerprint density at radius 1 is 0.931 bits per heavy atom. The molecule has 0 unspecified atom stereocenters. The number of rotatable bonds is 6. The van der Waals surface area contributed by atoms with Crippen molar-refractivity contribution in [3.63, 3.8) is 0 Å². The van der Waals surface area contributed by atoms with Crippen LogP contribution in [0.25, 0.3) is 10.8 Å². The number of aliphatic hydroxyl groups is 1. The van der Waals surface area contributed by atoms with Crippen LogP contribution in [0.2, 0.25) is 0 Å². The van der Waals surface area contributed by atoms with E-state index >= 15 is 0 Å². The monoisotopic (exact) mass is 392 g/mol. The predicted molar refractivity (Wildman–Crippen MR) is 120 cm³/mol. The second kappa shape index (κ2) is 8.75. The molecule has 3 heterocycles. The number of benzene rings is 2. The summed E-state index contributed by atoms with van der Waals surface area (Å²) in [6, 6.07) is 17.2. The molecule has 0 aromatic heterocycles. The highest BCUT2D eigenvalue weighted by Gasteiger charge is 2.48. The molecule has 2 aromatic carbocycles. The van der Waals surface area contributed by atoms with Crippen LogP contribution in [0.3, 0.4) is 0 Å². The van der Waals surface area contributed by atoms with Gasteiger partial charge in [0.15, 0.2) is 0 Å². The van der Waals surface area contributed by atoms with Gasteiger partial charge >= 0.3 is 0 Å². The quantitative estimate of drug-likeness (QED) is 0.723. The molecule has 3 aliphatic heterocycles. The van der Waals surface area contributed by atoms with E-state index in [0.29, 0.717) is 12.6 Å². The van der Waals surface area contributed by atoms with Gasteiger partial charge in [0, 0.05) is 31.8 Å². The lowest BCUT2D eigenvalue weighted by Gasteiger charge is -2.57. The summed E-state index contributed by atoms with van der Waals surface area (Å²) in [6.45, 7) is 5.31. The summed E-state index contributed by atoms with van der Waals surface area (Å²) in [5.74, 6) is 1.66. The van der Waals surface area contributed by atoms with Crippen molar-refractivity contribution in [2.75, 3.05) is 26.2 Å². The van der Waals surface area contributed by atoms with E-state index in [9.17, 15) is 5.11 Å². The summed E-state index contributed by atoms with van der Waals surface area (Å²) in [7, 11) is 0. The first-order valence-electron chi connectivity index (χ1n) is 11.9. The van der Waals surface area contributed by atoms with Crippen LogP contribution in [0.5, 0.6) is 0 Å². The minimum atomic E-state index is 0.332. The van der Waals surface area contributed by atoms with Crippen molar-refractivity contribution < 1.29 is 5.11 Å². The summed E-state index contributed by atoms with van der Waals surface area (Å²) in [6.07, 6.45) is 8.90. The molecule has 156 valence electrons. The molecular weight excluding hydrogens is 356 g/mol. The zero-order valence-electron chi connectivity index (χ0n) is 17.7. The summed E-state index contributed by atoms with van der Waals surface area (Å²) >= 11 is 0. The van der Waals surface area contributed by atoms with E-state index in [-0.39, 0.29) is 0 Å². The van der Waals surface area contributed by atoms with E-state index in [4.69, 9.17) is 0 Å². The second-order valence-corrected chi connectivity index (χ2v) is 9.59. The zero-order chi connectivity index (χ0) is 19.6. The minimum absolute atomic E-state index is 0.332. The molecule has 3 saturated heterocycles. The van der Waals surface area contributed by atoms with Gasteiger partial charge in [-0.15, -0.1) is 0 Å². The van der Waals surface area contributed by atoms with Crippen molar-refractivity contribution in [2.24, 2.45) is 11.8 Å². The lowest BCUT2D eigenvalue weighted by atomic mass is 9.69. The van der Waals surface area contributed by atoms with E-state index in [1.165, 1.54) is 68.1 Å². The molecule has 0 radical (unpaired) electrons. The van der Waals surface area contributed by atoms with Crippen LogP contribution in [0.1, 0.15) is 50.5 Å². The van der Waals surface area contributed by atoms with Gasteiger partial charge < -0.3 is 5.11 Å². The minimum Gasteiger partial charge on any atom is -0.396 e. The number of nitrogens with zero attached hydrogens (tertiary/aromatic N) is 2. The molecule has 0 aliphatic carbocycles. The third kappa shape index (κ3) is 3.85. The molecule has 0 saturated carbocycles. The molecule has 3 heteroatoms. The van der Waals surface area contributed by atoms with Crippen molar-refractivity contribution in [1.29, 1.82) is 0 Å². The zero-order valence-corrected chi connectivity index (χ0v) is 17.7. The van der Waals surface area contributed by atoms with Crippen LogP contribution >= 0.6 is 0 Å². The number of unbranched alkanes of at least 4 members (excludes halogenated alkanes) is 1. The number of aliphatic hydroxyl groups excluding tert-OH is 1. The van der Waals surface area contributed by atoms with Gasteiger partial charge in [-0.05, 0) is 86.2 Å². The van der Waals surface area contributed by atoms with Crippen LogP contribution in [0.15, 0.2) is 42.5 Å². The number of fused-ring (bicyclic) bond motifs is 1. The van der Waals surface area contributed by atoms with Gasteiger partial charge in [0.05, 0.1) is 0 Å². The molecule has 3 aliphatic rings. The van der Waals surface area contributed by atoms with Crippen LogP contribution in [0.4, 0.5) is 0 Å². The van der Waals surface area contributed by atoms with Crippen molar-refractivity contribution in [1.82, 2.24) is 9.80 Å². The maximum absolute atomic E-state index is 9.36. The van der Waals surface area contributed by atoms with Gasteiger partial charge in [-0.25, -0.2) is 0 Å². The average molecular weight is 393 g/mol. The van der Waals surface area contributed by atoms with E-state index in [2.05, 4.69) is 52.3 Å². The SMILES string of the molecule is OCCCC[C@@H]1[C@H]2CCCN3CCC[C@H](CN1Cc1cccc4ccccc14)[C@@H]23. The molecule has 3 fully saturated rings. The molecule has 4 atom stereocenters. The summed E-state index contributed by atoms with van der Waals surface area (Å²) in [5, 5.41) is 12.1. The van der Waals surface area contributed by atoms with Crippen molar-refractivity contribution >= 4 is 10.8 Å². The first-order valence-corrected chi connectivity index (χ1v) is 11.9. The molecule has 1 N–H and O–H groups in total.